The number of allylic oxidation sites excluding steroid dienone is 1. The van der Waals surface area contributed by atoms with Gasteiger partial charge < -0.3 is 14.6 Å². The van der Waals surface area contributed by atoms with Crippen LogP contribution in [-0.2, 0) is 9.47 Å². The maximum atomic E-state index is 8.66. The van der Waals surface area contributed by atoms with E-state index < -0.39 is 0 Å². The van der Waals surface area contributed by atoms with Gasteiger partial charge in [0.05, 0.1) is 0 Å². The Morgan fingerprint density at radius 3 is 3.08 bits per heavy atom. The minimum absolute atomic E-state index is 0.0991. The SMILES string of the molecule is CCCC=CC1OC=C(CO)O1. The fraction of sp³-hybridized carbons (Fsp3) is 0.556. The van der Waals surface area contributed by atoms with Crippen LogP contribution < -0.4 is 0 Å². The van der Waals surface area contributed by atoms with E-state index >= 15 is 0 Å². The van der Waals surface area contributed by atoms with Gasteiger partial charge in [-0.3, -0.25) is 0 Å². The zero-order valence-electron chi connectivity index (χ0n) is 7.19. The van der Waals surface area contributed by atoms with Gasteiger partial charge in [-0.25, -0.2) is 0 Å². The van der Waals surface area contributed by atoms with Gasteiger partial charge in [-0.05, 0) is 12.5 Å². The van der Waals surface area contributed by atoms with Gasteiger partial charge in [0.2, 0.25) is 0 Å². The highest BCUT2D eigenvalue weighted by atomic mass is 16.7. The van der Waals surface area contributed by atoms with Gasteiger partial charge in [0.15, 0.2) is 5.76 Å². The van der Waals surface area contributed by atoms with E-state index in [1.54, 1.807) is 0 Å². The molecule has 3 heteroatoms. The quantitative estimate of drug-likeness (QED) is 0.650. The predicted molar refractivity (Wildman–Crippen MR) is 45.2 cm³/mol. The lowest BCUT2D eigenvalue weighted by atomic mass is 10.3. The van der Waals surface area contributed by atoms with Crippen LogP contribution in [0.1, 0.15) is 19.8 Å². The lowest BCUT2D eigenvalue weighted by molar-refractivity contribution is 0.00183. The zero-order chi connectivity index (χ0) is 8.81. The molecule has 0 spiro atoms. The monoisotopic (exact) mass is 170 g/mol. The van der Waals surface area contributed by atoms with E-state index in [9.17, 15) is 0 Å². The van der Waals surface area contributed by atoms with Crippen molar-refractivity contribution in [3.63, 3.8) is 0 Å². The van der Waals surface area contributed by atoms with Crippen LogP contribution >= 0.6 is 0 Å². The molecule has 0 bridgehead atoms. The lowest BCUT2D eigenvalue weighted by Gasteiger charge is -2.05. The van der Waals surface area contributed by atoms with Crippen LogP contribution in [-0.4, -0.2) is 18.0 Å². The molecular formula is C9H14O3. The number of aliphatic hydroxyl groups is 1. The first-order valence-corrected chi connectivity index (χ1v) is 4.15. The van der Waals surface area contributed by atoms with E-state index in [1.807, 2.05) is 12.2 Å². The van der Waals surface area contributed by atoms with Gasteiger partial charge >= 0.3 is 0 Å². The Morgan fingerprint density at radius 2 is 2.50 bits per heavy atom. The molecule has 0 aromatic heterocycles. The Bertz CT molecular complexity index is 184. The molecule has 1 N–H and O–H groups in total. The Hall–Kier alpha value is -0.960. The molecular weight excluding hydrogens is 156 g/mol. The van der Waals surface area contributed by atoms with Crippen LogP contribution in [0.2, 0.25) is 0 Å². The van der Waals surface area contributed by atoms with Crippen LogP contribution in [0.4, 0.5) is 0 Å². The van der Waals surface area contributed by atoms with E-state index in [1.165, 1.54) is 6.26 Å². The summed E-state index contributed by atoms with van der Waals surface area (Å²) in [6, 6.07) is 0. The van der Waals surface area contributed by atoms with Crippen LogP contribution in [0, 0.1) is 0 Å². The smallest absolute Gasteiger partial charge is 0.259 e. The van der Waals surface area contributed by atoms with Crippen LogP contribution in [0.15, 0.2) is 24.2 Å². The second kappa shape index (κ2) is 4.83. The van der Waals surface area contributed by atoms with E-state index in [-0.39, 0.29) is 12.9 Å². The topological polar surface area (TPSA) is 38.7 Å². The van der Waals surface area contributed by atoms with Crippen molar-refractivity contribution in [1.82, 2.24) is 0 Å². The number of hydrogen-bond acceptors (Lipinski definition) is 3. The number of rotatable bonds is 4. The minimum atomic E-state index is -0.335. The summed E-state index contributed by atoms with van der Waals surface area (Å²) in [5.41, 5.74) is 0. The maximum absolute atomic E-state index is 8.66. The van der Waals surface area contributed by atoms with E-state index in [0.717, 1.165) is 12.8 Å². The van der Waals surface area contributed by atoms with E-state index in [0.29, 0.717) is 5.76 Å². The van der Waals surface area contributed by atoms with Crippen molar-refractivity contribution in [1.29, 1.82) is 0 Å². The average molecular weight is 170 g/mol. The van der Waals surface area contributed by atoms with Crippen molar-refractivity contribution in [2.45, 2.75) is 26.1 Å². The van der Waals surface area contributed by atoms with Gasteiger partial charge in [0.25, 0.3) is 6.29 Å². The summed E-state index contributed by atoms with van der Waals surface area (Å²) in [7, 11) is 0. The summed E-state index contributed by atoms with van der Waals surface area (Å²) in [4.78, 5) is 0. The molecule has 0 aromatic rings. The molecule has 1 atom stereocenters. The Morgan fingerprint density at radius 1 is 1.67 bits per heavy atom. The molecule has 1 unspecified atom stereocenters. The predicted octanol–water partition coefficient (Wildman–Crippen LogP) is 1.55. The molecule has 1 aliphatic heterocycles. The molecule has 1 rings (SSSR count). The molecule has 1 heterocycles. The Labute approximate surface area is 72.3 Å². The highest BCUT2D eigenvalue weighted by molar-refractivity contribution is 4.98. The summed E-state index contributed by atoms with van der Waals surface area (Å²) < 4.78 is 10.2. The molecule has 0 aliphatic carbocycles. The fourth-order valence-corrected chi connectivity index (χ4v) is 0.881. The molecule has 0 saturated carbocycles. The summed E-state index contributed by atoms with van der Waals surface area (Å²) in [6.45, 7) is 2.01. The zero-order valence-corrected chi connectivity index (χ0v) is 7.19. The van der Waals surface area contributed by atoms with Crippen molar-refractivity contribution in [2.75, 3.05) is 6.61 Å². The average Bonchev–Trinajstić information content (AvgIpc) is 2.53. The third kappa shape index (κ3) is 2.58. The second-order valence-electron chi connectivity index (χ2n) is 2.58. The van der Waals surface area contributed by atoms with Crippen LogP contribution in [0.5, 0.6) is 0 Å². The fourth-order valence-electron chi connectivity index (χ4n) is 0.881. The molecule has 0 fully saturated rings. The highest BCUT2D eigenvalue weighted by Crippen LogP contribution is 2.14. The molecule has 0 aromatic carbocycles. The Kier molecular flexibility index (Phi) is 3.67. The minimum Gasteiger partial charge on any atom is -0.455 e. The third-order valence-electron chi connectivity index (χ3n) is 1.51. The van der Waals surface area contributed by atoms with Gasteiger partial charge in [0, 0.05) is 0 Å². The summed E-state index contributed by atoms with van der Waals surface area (Å²) in [6.07, 6.45) is 7.11. The lowest BCUT2D eigenvalue weighted by Crippen LogP contribution is -2.04. The number of aliphatic hydroxyl groups excluding tert-OH is 1. The van der Waals surface area contributed by atoms with Crippen molar-refractivity contribution in [3.8, 4) is 0 Å². The van der Waals surface area contributed by atoms with Crippen molar-refractivity contribution in [3.05, 3.63) is 24.2 Å². The van der Waals surface area contributed by atoms with Crippen molar-refractivity contribution in [2.24, 2.45) is 0 Å². The van der Waals surface area contributed by atoms with Crippen LogP contribution in [0.25, 0.3) is 0 Å². The highest BCUT2D eigenvalue weighted by Gasteiger charge is 2.14. The van der Waals surface area contributed by atoms with Gasteiger partial charge in [-0.1, -0.05) is 19.4 Å². The van der Waals surface area contributed by atoms with Gasteiger partial charge in [-0.15, -0.1) is 0 Å². The summed E-state index contributed by atoms with van der Waals surface area (Å²) in [5, 5.41) is 8.66. The van der Waals surface area contributed by atoms with Crippen molar-refractivity contribution < 1.29 is 14.6 Å². The normalized spacial score (nSPS) is 22.2. The molecule has 3 nitrogen and oxygen atoms in total. The van der Waals surface area contributed by atoms with Crippen LogP contribution in [0.3, 0.4) is 0 Å². The molecule has 1 aliphatic rings. The molecule has 12 heavy (non-hydrogen) atoms. The summed E-state index contributed by atoms with van der Waals surface area (Å²) >= 11 is 0. The van der Waals surface area contributed by atoms with E-state index in [2.05, 4.69) is 6.92 Å². The largest absolute Gasteiger partial charge is 0.455 e. The molecule has 0 amide bonds. The van der Waals surface area contributed by atoms with E-state index in [4.69, 9.17) is 14.6 Å². The Balaban J connectivity index is 2.22. The van der Waals surface area contributed by atoms with Crippen molar-refractivity contribution >= 4 is 0 Å². The third-order valence-corrected chi connectivity index (χ3v) is 1.51. The maximum Gasteiger partial charge on any atom is 0.259 e. The second-order valence-corrected chi connectivity index (χ2v) is 2.58. The van der Waals surface area contributed by atoms with Gasteiger partial charge in [-0.2, -0.15) is 0 Å². The summed E-state index contributed by atoms with van der Waals surface area (Å²) in [5.74, 6) is 0.487. The first-order chi connectivity index (χ1) is 5.86. The number of unbranched alkanes of at least 4 members (excludes halogenated alkanes) is 1. The molecule has 0 saturated heterocycles. The molecule has 68 valence electrons. The molecule has 0 radical (unpaired) electrons. The first kappa shape index (κ1) is 9.13. The van der Waals surface area contributed by atoms with Gasteiger partial charge in [0.1, 0.15) is 12.9 Å². The standard InChI is InChI=1S/C9H14O3/c1-2-3-4-5-9-11-7-8(6-10)12-9/h4-5,7,9-10H,2-3,6H2,1H3. The first-order valence-electron chi connectivity index (χ1n) is 4.15. The number of hydrogen-bond donors (Lipinski definition) is 1. The number of ether oxygens (including phenoxy) is 2.